The molecule has 2 heterocycles. The third-order valence-electron chi connectivity index (χ3n) is 4.58. The van der Waals surface area contributed by atoms with Crippen molar-refractivity contribution in [2.45, 2.75) is 0 Å². The molecule has 6 heteroatoms. The second-order valence-corrected chi connectivity index (χ2v) is 6.47. The molecule has 26 heavy (non-hydrogen) atoms. The molecule has 3 rings (SSSR count). The van der Waals surface area contributed by atoms with Gasteiger partial charge in [0, 0.05) is 45.4 Å². The quantitative estimate of drug-likeness (QED) is 0.806. The standard InChI is InChI=1S/C20H26N4O2/c1-23-11-13-24(14-12-23)20(25)17-8-9-18(16-6-4-3-5-7-16)22-19(17)21-10-15-26-2/h3-9H,10-15H2,1-2H3,(H,21,22). The summed E-state index contributed by atoms with van der Waals surface area (Å²) in [5.41, 5.74) is 2.49. The monoisotopic (exact) mass is 354 g/mol. The molecule has 1 aromatic heterocycles. The van der Waals surface area contributed by atoms with Gasteiger partial charge in [-0.25, -0.2) is 4.98 Å². The Morgan fingerprint density at radius 2 is 1.85 bits per heavy atom. The third kappa shape index (κ3) is 4.39. The Balaban J connectivity index is 1.86. The molecule has 0 bridgehead atoms. The Morgan fingerprint density at radius 3 is 2.54 bits per heavy atom. The predicted octanol–water partition coefficient (Wildman–Crippen LogP) is 2.19. The fraction of sp³-hybridized carbons (Fsp3) is 0.400. The number of piperazine rings is 1. The SMILES string of the molecule is COCCNc1nc(-c2ccccc2)ccc1C(=O)N1CCN(C)CC1. The molecule has 1 aromatic carbocycles. The number of hydrogen-bond acceptors (Lipinski definition) is 5. The van der Waals surface area contributed by atoms with E-state index < -0.39 is 0 Å². The summed E-state index contributed by atoms with van der Waals surface area (Å²) in [6.45, 7) is 4.44. The summed E-state index contributed by atoms with van der Waals surface area (Å²) in [5, 5.41) is 3.26. The smallest absolute Gasteiger partial charge is 0.257 e. The summed E-state index contributed by atoms with van der Waals surface area (Å²) in [6, 6.07) is 13.8. The highest BCUT2D eigenvalue weighted by molar-refractivity contribution is 5.99. The molecule has 0 spiro atoms. The Kier molecular flexibility index (Phi) is 6.20. The van der Waals surface area contributed by atoms with E-state index in [1.165, 1.54) is 0 Å². The molecule has 0 atom stereocenters. The lowest BCUT2D eigenvalue weighted by molar-refractivity contribution is 0.0664. The van der Waals surface area contributed by atoms with E-state index in [1.807, 2.05) is 47.4 Å². The topological polar surface area (TPSA) is 57.7 Å². The number of methoxy groups -OCH3 is 1. The number of ether oxygens (including phenoxy) is 1. The van der Waals surface area contributed by atoms with Crippen LogP contribution in [0.5, 0.6) is 0 Å². The lowest BCUT2D eigenvalue weighted by atomic mass is 10.1. The summed E-state index contributed by atoms with van der Waals surface area (Å²) >= 11 is 0. The second kappa shape index (κ2) is 8.78. The van der Waals surface area contributed by atoms with Gasteiger partial charge in [0.05, 0.1) is 17.9 Å². The van der Waals surface area contributed by atoms with Crippen molar-refractivity contribution in [3.05, 3.63) is 48.0 Å². The number of hydrogen-bond donors (Lipinski definition) is 1. The number of nitrogens with one attached hydrogen (secondary N) is 1. The minimum atomic E-state index is 0.0325. The van der Waals surface area contributed by atoms with Crippen LogP contribution in [0.4, 0.5) is 5.82 Å². The van der Waals surface area contributed by atoms with Crippen molar-refractivity contribution in [3.8, 4) is 11.3 Å². The zero-order valence-corrected chi connectivity index (χ0v) is 15.4. The fourth-order valence-electron chi connectivity index (χ4n) is 2.99. The summed E-state index contributed by atoms with van der Waals surface area (Å²) in [5.74, 6) is 0.650. The van der Waals surface area contributed by atoms with Gasteiger partial charge < -0.3 is 19.9 Å². The number of likely N-dealkylation sites (N-methyl/N-ethyl adjacent to an activating group) is 1. The first-order valence-electron chi connectivity index (χ1n) is 8.96. The highest BCUT2D eigenvalue weighted by Gasteiger charge is 2.23. The first kappa shape index (κ1) is 18.4. The lowest BCUT2D eigenvalue weighted by Crippen LogP contribution is -2.47. The summed E-state index contributed by atoms with van der Waals surface area (Å²) in [6.07, 6.45) is 0. The van der Waals surface area contributed by atoms with E-state index in [1.54, 1.807) is 7.11 Å². The van der Waals surface area contributed by atoms with E-state index >= 15 is 0 Å². The molecule has 1 fully saturated rings. The van der Waals surface area contributed by atoms with Crippen molar-refractivity contribution >= 4 is 11.7 Å². The largest absolute Gasteiger partial charge is 0.383 e. The number of benzene rings is 1. The molecule has 0 aliphatic carbocycles. The number of nitrogens with zero attached hydrogens (tertiary/aromatic N) is 3. The molecule has 0 radical (unpaired) electrons. The Hall–Kier alpha value is -2.44. The molecule has 6 nitrogen and oxygen atoms in total. The number of amides is 1. The zero-order valence-electron chi connectivity index (χ0n) is 15.4. The highest BCUT2D eigenvalue weighted by Crippen LogP contribution is 2.23. The van der Waals surface area contributed by atoms with Crippen LogP contribution in [-0.2, 0) is 4.74 Å². The Bertz CT molecular complexity index is 728. The van der Waals surface area contributed by atoms with E-state index in [4.69, 9.17) is 9.72 Å². The summed E-state index contributed by atoms with van der Waals surface area (Å²) in [7, 11) is 3.74. The van der Waals surface area contributed by atoms with Crippen LogP contribution in [0.2, 0.25) is 0 Å². The predicted molar refractivity (Wildman–Crippen MR) is 103 cm³/mol. The van der Waals surface area contributed by atoms with Gasteiger partial charge in [0.1, 0.15) is 5.82 Å². The number of aromatic nitrogens is 1. The molecule has 0 saturated carbocycles. The van der Waals surface area contributed by atoms with Crippen LogP contribution in [-0.4, -0.2) is 74.2 Å². The van der Waals surface area contributed by atoms with Gasteiger partial charge in [0.25, 0.3) is 5.91 Å². The van der Waals surface area contributed by atoms with Gasteiger partial charge in [0.15, 0.2) is 0 Å². The van der Waals surface area contributed by atoms with Crippen LogP contribution in [0.3, 0.4) is 0 Å². The summed E-state index contributed by atoms with van der Waals surface area (Å²) in [4.78, 5) is 21.9. The highest BCUT2D eigenvalue weighted by atomic mass is 16.5. The van der Waals surface area contributed by atoms with Gasteiger partial charge in [-0.1, -0.05) is 30.3 Å². The van der Waals surface area contributed by atoms with E-state index in [2.05, 4.69) is 17.3 Å². The van der Waals surface area contributed by atoms with Gasteiger partial charge in [0.2, 0.25) is 0 Å². The number of carbonyl (C=O) groups is 1. The summed E-state index contributed by atoms with van der Waals surface area (Å²) < 4.78 is 5.12. The van der Waals surface area contributed by atoms with Crippen LogP contribution in [0.15, 0.2) is 42.5 Å². The average molecular weight is 354 g/mol. The molecule has 0 unspecified atom stereocenters. The second-order valence-electron chi connectivity index (χ2n) is 6.47. The van der Waals surface area contributed by atoms with Crippen LogP contribution < -0.4 is 5.32 Å². The van der Waals surface area contributed by atoms with Crippen LogP contribution in [0, 0.1) is 0 Å². The molecular formula is C20H26N4O2. The molecule has 1 N–H and O–H groups in total. The van der Waals surface area contributed by atoms with Crippen molar-refractivity contribution in [1.82, 2.24) is 14.8 Å². The maximum atomic E-state index is 13.0. The maximum absolute atomic E-state index is 13.0. The fourth-order valence-corrected chi connectivity index (χ4v) is 2.99. The first-order chi connectivity index (χ1) is 12.7. The van der Waals surface area contributed by atoms with Crippen molar-refractivity contribution in [2.75, 3.05) is 58.8 Å². The van der Waals surface area contributed by atoms with E-state index in [9.17, 15) is 4.79 Å². The van der Waals surface area contributed by atoms with Crippen molar-refractivity contribution in [2.24, 2.45) is 0 Å². The van der Waals surface area contributed by atoms with E-state index in [0.717, 1.165) is 37.4 Å². The molecule has 1 aliphatic rings. The van der Waals surface area contributed by atoms with Crippen molar-refractivity contribution in [1.29, 1.82) is 0 Å². The Labute approximate surface area is 154 Å². The lowest BCUT2D eigenvalue weighted by Gasteiger charge is -2.32. The molecular weight excluding hydrogens is 328 g/mol. The number of rotatable bonds is 6. The third-order valence-corrected chi connectivity index (χ3v) is 4.58. The van der Waals surface area contributed by atoms with E-state index in [0.29, 0.717) is 24.5 Å². The number of carbonyl (C=O) groups excluding carboxylic acids is 1. The minimum Gasteiger partial charge on any atom is -0.383 e. The minimum absolute atomic E-state index is 0.0325. The average Bonchev–Trinajstić information content (AvgIpc) is 2.69. The zero-order chi connectivity index (χ0) is 18.4. The van der Waals surface area contributed by atoms with E-state index in [-0.39, 0.29) is 5.91 Å². The maximum Gasteiger partial charge on any atom is 0.257 e. The van der Waals surface area contributed by atoms with Crippen LogP contribution in [0.1, 0.15) is 10.4 Å². The number of anilines is 1. The Morgan fingerprint density at radius 1 is 1.12 bits per heavy atom. The first-order valence-corrected chi connectivity index (χ1v) is 8.96. The molecule has 138 valence electrons. The van der Waals surface area contributed by atoms with Crippen molar-refractivity contribution < 1.29 is 9.53 Å². The van der Waals surface area contributed by atoms with Gasteiger partial charge in [-0.15, -0.1) is 0 Å². The molecule has 2 aromatic rings. The number of pyridine rings is 1. The molecule has 1 aliphatic heterocycles. The molecule has 1 amide bonds. The molecule has 1 saturated heterocycles. The van der Waals surface area contributed by atoms with Crippen LogP contribution >= 0.6 is 0 Å². The van der Waals surface area contributed by atoms with Gasteiger partial charge in [-0.3, -0.25) is 4.79 Å². The van der Waals surface area contributed by atoms with Gasteiger partial charge in [-0.05, 0) is 19.2 Å². The normalized spacial score (nSPS) is 15.1. The van der Waals surface area contributed by atoms with Crippen LogP contribution in [0.25, 0.3) is 11.3 Å². The van der Waals surface area contributed by atoms with Gasteiger partial charge >= 0.3 is 0 Å². The van der Waals surface area contributed by atoms with Gasteiger partial charge in [-0.2, -0.15) is 0 Å². The van der Waals surface area contributed by atoms with Crippen molar-refractivity contribution in [3.63, 3.8) is 0 Å².